The van der Waals surface area contributed by atoms with Crippen LogP contribution in [0.3, 0.4) is 0 Å². The van der Waals surface area contributed by atoms with Gasteiger partial charge in [-0.3, -0.25) is 4.79 Å². The largest absolute Gasteiger partial charge is 0.335 e. The van der Waals surface area contributed by atoms with Crippen molar-refractivity contribution in [2.24, 2.45) is 11.8 Å². The summed E-state index contributed by atoms with van der Waals surface area (Å²) in [6.07, 6.45) is 2.29. The van der Waals surface area contributed by atoms with Crippen molar-refractivity contribution in [3.8, 4) is 0 Å². The smallest absolute Gasteiger partial charge is 0.320 e. The molecule has 0 radical (unpaired) electrons. The van der Waals surface area contributed by atoms with Crippen LogP contribution in [0.1, 0.15) is 12.8 Å². The summed E-state index contributed by atoms with van der Waals surface area (Å²) in [5.41, 5.74) is 0. The quantitative estimate of drug-likeness (QED) is 0.745. The molecule has 4 aliphatic heterocycles. The Labute approximate surface area is 119 Å². The Bertz CT molecular complexity index is 436. The van der Waals surface area contributed by atoms with Gasteiger partial charge < -0.3 is 20.0 Å². The number of hydrogen-bond donors (Lipinski definition) is 1. The number of likely N-dealkylation sites (N-methyl/N-ethyl adjacent to an activating group) is 1. The lowest BCUT2D eigenvalue weighted by Gasteiger charge is -2.27. The lowest BCUT2D eigenvalue weighted by atomic mass is 9.82. The fraction of sp³-hybridized carbons (Fsp3) is 0.857. The summed E-state index contributed by atoms with van der Waals surface area (Å²) < 4.78 is 0. The first kappa shape index (κ1) is 12.4. The average molecular weight is 278 g/mol. The summed E-state index contributed by atoms with van der Waals surface area (Å²) in [6.45, 7) is 3.79. The van der Waals surface area contributed by atoms with Crippen LogP contribution >= 0.6 is 0 Å². The first-order valence-electron chi connectivity index (χ1n) is 7.69. The van der Waals surface area contributed by atoms with Gasteiger partial charge in [0.05, 0.1) is 0 Å². The van der Waals surface area contributed by atoms with Crippen molar-refractivity contribution in [3.05, 3.63) is 0 Å². The van der Waals surface area contributed by atoms with Gasteiger partial charge in [-0.05, 0) is 24.7 Å². The SMILES string of the molecule is CN1CCN(CC(=O)N2C3CCC2C2CNCC23)C1=O. The highest BCUT2D eigenvalue weighted by atomic mass is 16.2. The third-order valence-corrected chi connectivity index (χ3v) is 5.69. The van der Waals surface area contributed by atoms with Gasteiger partial charge in [-0.2, -0.15) is 0 Å². The molecular formula is C14H22N4O2. The van der Waals surface area contributed by atoms with E-state index in [2.05, 4.69) is 10.2 Å². The van der Waals surface area contributed by atoms with Gasteiger partial charge in [0.25, 0.3) is 0 Å². The fourth-order valence-electron chi connectivity index (χ4n) is 4.73. The maximum Gasteiger partial charge on any atom is 0.320 e. The Kier molecular flexibility index (Phi) is 2.70. The number of carbonyl (C=O) groups is 2. The highest BCUT2D eigenvalue weighted by Gasteiger charge is 2.56. The second-order valence-corrected chi connectivity index (χ2v) is 6.62. The summed E-state index contributed by atoms with van der Waals surface area (Å²) in [6, 6.07) is 0.831. The maximum absolute atomic E-state index is 12.6. The Morgan fingerprint density at radius 1 is 1.20 bits per heavy atom. The minimum absolute atomic E-state index is 0.00763. The van der Waals surface area contributed by atoms with Crippen molar-refractivity contribution in [1.29, 1.82) is 0 Å². The van der Waals surface area contributed by atoms with Gasteiger partial charge in [-0.1, -0.05) is 0 Å². The van der Waals surface area contributed by atoms with E-state index in [4.69, 9.17) is 0 Å². The molecule has 4 rings (SSSR count). The first-order chi connectivity index (χ1) is 9.66. The number of urea groups is 1. The van der Waals surface area contributed by atoms with Crippen LogP contribution in [0.15, 0.2) is 0 Å². The van der Waals surface area contributed by atoms with Crippen LogP contribution in [0.5, 0.6) is 0 Å². The van der Waals surface area contributed by atoms with Crippen LogP contribution in [0.2, 0.25) is 0 Å². The van der Waals surface area contributed by atoms with Crippen molar-refractivity contribution >= 4 is 11.9 Å². The predicted octanol–water partition coefficient (Wildman–Crippen LogP) is -0.437. The van der Waals surface area contributed by atoms with E-state index in [1.54, 1.807) is 16.8 Å². The number of nitrogens with one attached hydrogen (secondary N) is 1. The summed E-state index contributed by atoms with van der Waals surface area (Å²) in [5, 5.41) is 3.46. The molecule has 4 atom stereocenters. The molecule has 0 spiro atoms. The first-order valence-corrected chi connectivity index (χ1v) is 7.69. The van der Waals surface area contributed by atoms with E-state index < -0.39 is 0 Å². The van der Waals surface area contributed by atoms with Crippen LogP contribution in [-0.4, -0.2) is 78.5 Å². The Hall–Kier alpha value is -1.30. The van der Waals surface area contributed by atoms with Crippen LogP contribution < -0.4 is 5.32 Å². The predicted molar refractivity (Wildman–Crippen MR) is 73.1 cm³/mol. The third-order valence-electron chi connectivity index (χ3n) is 5.69. The Morgan fingerprint density at radius 2 is 1.85 bits per heavy atom. The molecule has 4 aliphatic rings. The molecule has 0 aliphatic carbocycles. The molecular weight excluding hydrogens is 256 g/mol. The second-order valence-electron chi connectivity index (χ2n) is 6.62. The molecule has 1 N–H and O–H groups in total. The topological polar surface area (TPSA) is 55.9 Å². The summed E-state index contributed by atoms with van der Waals surface area (Å²) in [5.74, 6) is 1.46. The van der Waals surface area contributed by atoms with Crippen LogP contribution in [0, 0.1) is 11.8 Å². The molecule has 0 aromatic heterocycles. The van der Waals surface area contributed by atoms with E-state index in [0.29, 0.717) is 30.5 Å². The highest BCUT2D eigenvalue weighted by molar-refractivity contribution is 5.85. The monoisotopic (exact) mass is 278 g/mol. The summed E-state index contributed by atoms with van der Waals surface area (Å²) in [7, 11) is 1.79. The van der Waals surface area contributed by atoms with E-state index >= 15 is 0 Å². The molecule has 3 amide bonds. The Morgan fingerprint density at radius 3 is 2.40 bits per heavy atom. The molecule has 6 heteroatoms. The van der Waals surface area contributed by atoms with Crippen LogP contribution in [-0.2, 0) is 4.79 Å². The van der Waals surface area contributed by atoms with Gasteiger partial charge in [0.15, 0.2) is 0 Å². The lowest BCUT2D eigenvalue weighted by molar-refractivity contribution is -0.133. The summed E-state index contributed by atoms with van der Waals surface area (Å²) >= 11 is 0. The standard InChI is InChI=1S/C14H22N4O2/c1-16-4-5-17(14(16)20)8-13(19)18-11-2-3-12(18)10-7-15-6-9(10)11/h9-12,15H,2-8H2,1H3. The van der Waals surface area contributed by atoms with Crippen LogP contribution in [0.25, 0.3) is 0 Å². The molecule has 4 saturated heterocycles. The van der Waals surface area contributed by atoms with Crippen LogP contribution in [0.4, 0.5) is 4.79 Å². The Balaban J connectivity index is 1.46. The van der Waals surface area contributed by atoms with Crippen molar-refractivity contribution in [2.45, 2.75) is 24.9 Å². The van der Waals surface area contributed by atoms with E-state index in [9.17, 15) is 9.59 Å². The molecule has 0 aromatic carbocycles. The number of hydrogen-bond acceptors (Lipinski definition) is 3. The average Bonchev–Trinajstić information content (AvgIpc) is 3.14. The van der Waals surface area contributed by atoms with E-state index in [1.807, 2.05) is 0 Å². The number of nitrogens with zero attached hydrogens (tertiary/aromatic N) is 3. The number of amides is 3. The second kappa shape index (κ2) is 4.35. The van der Waals surface area contributed by atoms with E-state index in [1.165, 1.54) is 0 Å². The van der Waals surface area contributed by atoms with Crippen molar-refractivity contribution < 1.29 is 9.59 Å². The molecule has 2 bridgehead atoms. The molecule has 4 heterocycles. The van der Waals surface area contributed by atoms with Gasteiger partial charge >= 0.3 is 6.03 Å². The van der Waals surface area contributed by atoms with Gasteiger partial charge in [-0.15, -0.1) is 0 Å². The zero-order valence-electron chi connectivity index (χ0n) is 11.9. The third kappa shape index (κ3) is 1.60. The van der Waals surface area contributed by atoms with Gasteiger partial charge in [-0.25, -0.2) is 4.79 Å². The van der Waals surface area contributed by atoms with Crippen molar-refractivity contribution in [3.63, 3.8) is 0 Å². The van der Waals surface area contributed by atoms with Gasteiger partial charge in [0.2, 0.25) is 5.91 Å². The minimum atomic E-state index is -0.00763. The molecule has 0 saturated carbocycles. The fourth-order valence-corrected chi connectivity index (χ4v) is 4.73. The van der Waals surface area contributed by atoms with Gasteiger partial charge in [0, 0.05) is 45.3 Å². The normalized spacial score (nSPS) is 39.0. The lowest BCUT2D eigenvalue weighted by Crippen LogP contribution is -2.45. The van der Waals surface area contributed by atoms with Crippen molar-refractivity contribution in [2.75, 3.05) is 39.8 Å². The molecule has 4 fully saturated rings. The minimum Gasteiger partial charge on any atom is -0.335 e. The zero-order chi connectivity index (χ0) is 13.9. The molecule has 20 heavy (non-hydrogen) atoms. The van der Waals surface area contributed by atoms with Gasteiger partial charge in [0.1, 0.15) is 6.54 Å². The highest BCUT2D eigenvalue weighted by Crippen LogP contribution is 2.47. The number of fused-ring (bicyclic) bond motifs is 5. The molecule has 110 valence electrons. The maximum atomic E-state index is 12.6. The van der Waals surface area contributed by atoms with E-state index in [0.717, 1.165) is 32.5 Å². The molecule has 4 unspecified atom stereocenters. The zero-order valence-corrected chi connectivity index (χ0v) is 11.9. The molecule has 6 nitrogen and oxygen atoms in total. The van der Waals surface area contributed by atoms with Crippen molar-refractivity contribution in [1.82, 2.24) is 20.0 Å². The molecule has 0 aromatic rings. The summed E-state index contributed by atoms with van der Waals surface area (Å²) in [4.78, 5) is 30.0. The number of carbonyl (C=O) groups excluding carboxylic acids is 2. The van der Waals surface area contributed by atoms with E-state index in [-0.39, 0.29) is 18.5 Å². The number of rotatable bonds is 2.